The number of rotatable bonds is 4. The van der Waals surface area contributed by atoms with E-state index >= 15 is 0 Å². The van der Waals surface area contributed by atoms with Gasteiger partial charge in [0.1, 0.15) is 5.82 Å². The van der Waals surface area contributed by atoms with Crippen LogP contribution in [0, 0.1) is 5.82 Å². The van der Waals surface area contributed by atoms with Crippen molar-refractivity contribution in [3.05, 3.63) is 35.6 Å². The van der Waals surface area contributed by atoms with E-state index < -0.39 is 0 Å². The number of hydrogen-bond acceptors (Lipinski definition) is 1. The molecule has 1 aromatic carbocycles. The molecule has 0 N–H and O–H groups in total. The van der Waals surface area contributed by atoms with Gasteiger partial charge >= 0.3 is 0 Å². The highest BCUT2D eigenvalue weighted by molar-refractivity contribution is 9.09. The molecule has 0 unspecified atom stereocenters. The predicted molar refractivity (Wildman–Crippen MR) is 64.3 cm³/mol. The Morgan fingerprint density at radius 2 is 2.00 bits per heavy atom. The van der Waals surface area contributed by atoms with Crippen molar-refractivity contribution >= 4 is 21.8 Å². The zero-order valence-corrected chi connectivity index (χ0v) is 10.4. The summed E-state index contributed by atoms with van der Waals surface area (Å²) in [6, 6.07) is 6.12. The first-order chi connectivity index (χ1) is 7.72. The quantitative estimate of drug-likeness (QED) is 0.779. The summed E-state index contributed by atoms with van der Waals surface area (Å²) >= 11 is 3.34. The molecule has 1 aliphatic carbocycles. The van der Waals surface area contributed by atoms with Crippen LogP contribution in [-0.4, -0.2) is 28.7 Å². The molecule has 16 heavy (non-hydrogen) atoms. The minimum atomic E-state index is -0.310. The van der Waals surface area contributed by atoms with E-state index in [9.17, 15) is 9.18 Å². The lowest BCUT2D eigenvalue weighted by Crippen LogP contribution is -2.34. The van der Waals surface area contributed by atoms with Crippen molar-refractivity contribution in [3.8, 4) is 0 Å². The Hall–Kier alpha value is -0.900. The first-order valence-electron chi connectivity index (χ1n) is 5.35. The highest BCUT2D eigenvalue weighted by Gasteiger charge is 2.32. The summed E-state index contributed by atoms with van der Waals surface area (Å²) < 4.78 is 12.7. The molecule has 0 heterocycles. The van der Waals surface area contributed by atoms with E-state index in [2.05, 4.69) is 15.9 Å². The van der Waals surface area contributed by atoms with Gasteiger partial charge in [-0.2, -0.15) is 0 Å². The van der Waals surface area contributed by atoms with Gasteiger partial charge in [-0.1, -0.05) is 15.9 Å². The topological polar surface area (TPSA) is 20.3 Å². The van der Waals surface area contributed by atoms with Crippen LogP contribution in [0.25, 0.3) is 0 Å². The molecule has 0 bridgehead atoms. The summed E-state index contributed by atoms with van der Waals surface area (Å²) in [7, 11) is 0. The number of benzene rings is 1. The molecule has 0 radical (unpaired) electrons. The lowest BCUT2D eigenvalue weighted by Gasteiger charge is -2.21. The Morgan fingerprint density at radius 1 is 1.38 bits per heavy atom. The number of alkyl halides is 1. The average Bonchev–Trinajstić information content (AvgIpc) is 3.10. The largest absolute Gasteiger partial charge is 0.335 e. The zero-order chi connectivity index (χ0) is 11.5. The van der Waals surface area contributed by atoms with Crippen molar-refractivity contribution in [2.75, 3.05) is 11.9 Å². The third kappa shape index (κ3) is 2.61. The first-order valence-corrected chi connectivity index (χ1v) is 6.47. The fourth-order valence-corrected chi connectivity index (χ4v) is 2.07. The second-order valence-electron chi connectivity index (χ2n) is 3.93. The van der Waals surface area contributed by atoms with E-state index in [0.29, 0.717) is 18.2 Å². The van der Waals surface area contributed by atoms with Gasteiger partial charge in [0.2, 0.25) is 0 Å². The smallest absolute Gasteiger partial charge is 0.254 e. The normalized spacial score (nSPS) is 14.9. The van der Waals surface area contributed by atoms with E-state index in [1.54, 1.807) is 12.1 Å². The predicted octanol–water partition coefficient (Wildman–Crippen LogP) is 2.83. The minimum Gasteiger partial charge on any atom is -0.335 e. The van der Waals surface area contributed by atoms with Gasteiger partial charge in [0.05, 0.1) is 0 Å². The summed E-state index contributed by atoms with van der Waals surface area (Å²) in [5.74, 6) is -0.308. The fraction of sp³-hybridized carbons (Fsp3) is 0.417. The van der Waals surface area contributed by atoms with E-state index in [4.69, 9.17) is 0 Å². The second kappa shape index (κ2) is 4.95. The van der Waals surface area contributed by atoms with Crippen molar-refractivity contribution in [1.82, 2.24) is 4.90 Å². The van der Waals surface area contributed by atoms with Gasteiger partial charge < -0.3 is 4.90 Å². The molecule has 0 aromatic heterocycles. The van der Waals surface area contributed by atoms with Crippen LogP contribution in [0.5, 0.6) is 0 Å². The van der Waals surface area contributed by atoms with E-state index in [-0.39, 0.29) is 11.7 Å². The second-order valence-corrected chi connectivity index (χ2v) is 4.72. The van der Waals surface area contributed by atoms with Gasteiger partial charge in [-0.3, -0.25) is 4.79 Å². The Bertz CT molecular complexity index is 375. The summed E-state index contributed by atoms with van der Waals surface area (Å²) in [6.07, 6.45) is 2.17. The SMILES string of the molecule is O=C(c1ccc(F)cc1)N(CCBr)C1CC1. The maximum Gasteiger partial charge on any atom is 0.254 e. The van der Waals surface area contributed by atoms with Crippen LogP contribution in [0.15, 0.2) is 24.3 Å². The molecule has 1 fully saturated rings. The van der Waals surface area contributed by atoms with Gasteiger partial charge in [0, 0.05) is 23.5 Å². The molecule has 0 spiro atoms. The molecule has 0 saturated heterocycles. The molecular formula is C12H13BrFNO. The van der Waals surface area contributed by atoms with E-state index in [0.717, 1.165) is 18.2 Å². The lowest BCUT2D eigenvalue weighted by molar-refractivity contribution is 0.0754. The molecule has 1 saturated carbocycles. The van der Waals surface area contributed by atoms with Crippen molar-refractivity contribution in [2.45, 2.75) is 18.9 Å². The summed E-state index contributed by atoms with van der Waals surface area (Å²) in [4.78, 5) is 14.0. The van der Waals surface area contributed by atoms with Crippen molar-refractivity contribution in [2.24, 2.45) is 0 Å². The third-order valence-electron chi connectivity index (χ3n) is 2.67. The Kier molecular flexibility index (Phi) is 3.59. The van der Waals surface area contributed by atoms with Crippen LogP contribution in [0.2, 0.25) is 0 Å². The molecular weight excluding hydrogens is 273 g/mol. The highest BCUT2D eigenvalue weighted by atomic mass is 79.9. The van der Waals surface area contributed by atoms with Crippen LogP contribution >= 0.6 is 15.9 Å². The number of amides is 1. The van der Waals surface area contributed by atoms with Crippen LogP contribution < -0.4 is 0 Å². The van der Waals surface area contributed by atoms with Gasteiger partial charge in [-0.05, 0) is 37.1 Å². The Balaban J connectivity index is 2.12. The van der Waals surface area contributed by atoms with Gasteiger partial charge in [-0.25, -0.2) is 4.39 Å². The first kappa shape index (κ1) is 11.6. The number of carbonyl (C=O) groups excluding carboxylic acids is 1. The van der Waals surface area contributed by atoms with Crippen LogP contribution in [0.1, 0.15) is 23.2 Å². The zero-order valence-electron chi connectivity index (χ0n) is 8.83. The molecule has 1 aromatic rings. The lowest BCUT2D eigenvalue weighted by atomic mass is 10.2. The third-order valence-corrected chi connectivity index (χ3v) is 3.02. The standard InChI is InChI=1S/C12H13BrFNO/c13-7-8-15(11-5-6-11)12(16)9-1-3-10(14)4-2-9/h1-4,11H,5-8H2. The number of hydrogen-bond donors (Lipinski definition) is 0. The molecule has 4 heteroatoms. The molecule has 86 valence electrons. The van der Waals surface area contributed by atoms with Crippen molar-refractivity contribution in [1.29, 1.82) is 0 Å². The molecule has 2 nitrogen and oxygen atoms in total. The van der Waals surface area contributed by atoms with Crippen molar-refractivity contribution in [3.63, 3.8) is 0 Å². The fourth-order valence-electron chi connectivity index (χ4n) is 1.69. The Morgan fingerprint density at radius 3 is 2.50 bits per heavy atom. The summed E-state index contributed by atoms with van der Waals surface area (Å²) in [5.41, 5.74) is 0.564. The Labute approximate surface area is 103 Å². The monoisotopic (exact) mass is 285 g/mol. The van der Waals surface area contributed by atoms with Gasteiger partial charge in [0.25, 0.3) is 5.91 Å². The van der Waals surface area contributed by atoms with Gasteiger partial charge in [-0.15, -0.1) is 0 Å². The van der Waals surface area contributed by atoms with Crippen molar-refractivity contribution < 1.29 is 9.18 Å². The summed E-state index contributed by atoms with van der Waals surface area (Å²) in [5, 5.41) is 0.774. The minimum absolute atomic E-state index is 0.00181. The van der Waals surface area contributed by atoms with E-state index in [1.807, 2.05) is 4.90 Å². The number of halogens is 2. The van der Waals surface area contributed by atoms with Crippen LogP contribution in [0.3, 0.4) is 0 Å². The molecule has 1 aliphatic rings. The van der Waals surface area contributed by atoms with E-state index in [1.165, 1.54) is 12.1 Å². The maximum absolute atomic E-state index is 12.7. The van der Waals surface area contributed by atoms with Crippen LogP contribution in [-0.2, 0) is 0 Å². The number of carbonyl (C=O) groups is 1. The molecule has 2 rings (SSSR count). The number of nitrogens with zero attached hydrogens (tertiary/aromatic N) is 1. The molecule has 0 atom stereocenters. The highest BCUT2D eigenvalue weighted by Crippen LogP contribution is 2.28. The average molecular weight is 286 g/mol. The van der Waals surface area contributed by atoms with Gasteiger partial charge in [0.15, 0.2) is 0 Å². The molecule has 0 aliphatic heterocycles. The van der Waals surface area contributed by atoms with Crippen LogP contribution in [0.4, 0.5) is 4.39 Å². The summed E-state index contributed by atoms with van der Waals surface area (Å²) in [6.45, 7) is 0.709. The molecule has 1 amide bonds. The maximum atomic E-state index is 12.7.